The van der Waals surface area contributed by atoms with Gasteiger partial charge in [-0.25, -0.2) is 0 Å². The molecule has 0 bridgehead atoms. The van der Waals surface area contributed by atoms with Gasteiger partial charge >= 0.3 is 0 Å². The zero-order valence-electron chi connectivity index (χ0n) is 12.4. The number of halogens is 2. The van der Waals surface area contributed by atoms with Crippen molar-refractivity contribution in [2.75, 3.05) is 6.54 Å². The van der Waals surface area contributed by atoms with Crippen LogP contribution in [0.4, 0.5) is 0 Å². The van der Waals surface area contributed by atoms with Gasteiger partial charge in [-0.2, -0.15) is 0 Å². The van der Waals surface area contributed by atoms with Crippen molar-refractivity contribution in [1.82, 2.24) is 5.32 Å². The Morgan fingerprint density at radius 1 is 1.45 bits per heavy atom. The van der Waals surface area contributed by atoms with Crippen LogP contribution in [0, 0.1) is 5.41 Å². The summed E-state index contributed by atoms with van der Waals surface area (Å²) in [6, 6.07) is 6.34. The van der Waals surface area contributed by atoms with Gasteiger partial charge in [0.15, 0.2) is 0 Å². The van der Waals surface area contributed by atoms with Gasteiger partial charge < -0.3 is 10.1 Å². The van der Waals surface area contributed by atoms with E-state index in [-0.39, 0.29) is 11.5 Å². The third kappa shape index (κ3) is 3.15. The van der Waals surface area contributed by atoms with Crippen molar-refractivity contribution in [2.24, 2.45) is 5.41 Å². The predicted octanol–water partition coefficient (Wildman–Crippen LogP) is 5.04. The minimum Gasteiger partial charge on any atom is -0.488 e. The summed E-state index contributed by atoms with van der Waals surface area (Å²) in [7, 11) is 0. The Kier molecular flexibility index (Phi) is 5.38. The Morgan fingerprint density at radius 2 is 2.20 bits per heavy atom. The molecule has 0 aromatic heterocycles. The molecule has 20 heavy (non-hydrogen) atoms. The number of benzene rings is 1. The highest BCUT2D eigenvalue weighted by Gasteiger charge is 2.51. The fourth-order valence-corrected chi connectivity index (χ4v) is 3.55. The second-order valence-electron chi connectivity index (χ2n) is 5.78. The molecular weight excluding hydrogens is 338 g/mol. The van der Waals surface area contributed by atoms with Crippen LogP contribution in [0.5, 0.6) is 5.75 Å². The summed E-state index contributed by atoms with van der Waals surface area (Å²) in [4.78, 5) is 0. The number of ether oxygens (including phenoxy) is 1. The van der Waals surface area contributed by atoms with E-state index in [2.05, 4.69) is 42.0 Å². The average Bonchev–Trinajstić information content (AvgIpc) is 2.43. The molecule has 3 unspecified atom stereocenters. The van der Waals surface area contributed by atoms with Crippen LogP contribution < -0.4 is 10.1 Å². The van der Waals surface area contributed by atoms with Crippen LogP contribution in [-0.4, -0.2) is 18.7 Å². The van der Waals surface area contributed by atoms with Crippen LogP contribution in [0.15, 0.2) is 22.7 Å². The van der Waals surface area contributed by atoms with E-state index < -0.39 is 0 Å². The maximum Gasteiger partial charge on any atom is 0.138 e. The summed E-state index contributed by atoms with van der Waals surface area (Å²) in [5.41, 5.74) is 0.186. The molecule has 0 aliphatic heterocycles. The number of rotatable bonds is 6. The molecule has 4 heteroatoms. The smallest absolute Gasteiger partial charge is 0.138 e. The fourth-order valence-electron chi connectivity index (χ4n) is 2.83. The van der Waals surface area contributed by atoms with E-state index in [0.29, 0.717) is 11.1 Å². The van der Waals surface area contributed by atoms with Gasteiger partial charge in [0.2, 0.25) is 0 Å². The maximum atomic E-state index is 6.24. The van der Waals surface area contributed by atoms with Gasteiger partial charge in [-0.05, 0) is 37.6 Å². The van der Waals surface area contributed by atoms with E-state index in [1.807, 2.05) is 18.2 Å². The van der Waals surface area contributed by atoms with Gasteiger partial charge in [0.05, 0.1) is 5.02 Å². The van der Waals surface area contributed by atoms with E-state index in [4.69, 9.17) is 16.3 Å². The third-order valence-electron chi connectivity index (χ3n) is 4.55. The van der Waals surface area contributed by atoms with E-state index in [9.17, 15) is 0 Å². The molecule has 112 valence electrons. The molecule has 2 nitrogen and oxygen atoms in total. The molecule has 1 aromatic rings. The Hall–Kier alpha value is -0.250. The summed E-state index contributed by atoms with van der Waals surface area (Å²) in [5, 5.41) is 4.30. The van der Waals surface area contributed by atoms with Crippen LogP contribution >= 0.6 is 27.5 Å². The van der Waals surface area contributed by atoms with Gasteiger partial charge in [-0.1, -0.05) is 48.3 Å². The molecule has 1 aromatic carbocycles. The summed E-state index contributed by atoms with van der Waals surface area (Å²) < 4.78 is 7.14. The van der Waals surface area contributed by atoms with Crippen LogP contribution in [0.25, 0.3) is 0 Å². The monoisotopic (exact) mass is 359 g/mol. The summed E-state index contributed by atoms with van der Waals surface area (Å²) in [6.45, 7) is 7.82. The first-order valence-corrected chi connectivity index (χ1v) is 8.53. The molecule has 1 aliphatic carbocycles. The lowest BCUT2D eigenvalue weighted by Crippen LogP contribution is -2.63. The molecule has 1 N–H and O–H groups in total. The average molecular weight is 361 g/mol. The van der Waals surface area contributed by atoms with Crippen LogP contribution in [0.2, 0.25) is 5.02 Å². The topological polar surface area (TPSA) is 21.3 Å². The highest BCUT2D eigenvalue weighted by Crippen LogP contribution is 2.47. The van der Waals surface area contributed by atoms with Crippen molar-refractivity contribution in [2.45, 2.75) is 52.2 Å². The SMILES string of the molecule is CCCNC1CC(Oc2ccc(Br)cc2Cl)C1(C)CC. The molecule has 0 heterocycles. The van der Waals surface area contributed by atoms with Gasteiger partial charge in [0.1, 0.15) is 11.9 Å². The van der Waals surface area contributed by atoms with E-state index in [0.717, 1.165) is 29.6 Å². The molecule has 3 atom stereocenters. The minimum absolute atomic E-state index is 0.186. The maximum absolute atomic E-state index is 6.24. The van der Waals surface area contributed by atoms with Crippen molar-refractivity contribution in [3.63, 3.8) is 0 Å². The minimum atomic E-state index is 0.186. The van der Waals surface area contributed by atoms with Gasteiger partial charge in [0.25, 0.3) is 0 Å². The van der Waals surface area contributed by atoms with Gasteiger partial charge in [-0.15, -0.1) is 0 Å². The largest absolute Gasteiger partial charge is 0.488 e. The van der Waals surface area contributed by atoms with E-state index in [1.54, 1.807) is 0 Å². The van der Waals surface area contributed by atoms with Crippen molar-refractivity contribution >= 4 is 27.5 Å². The molecule has 1 fully saturated rings. The lowest BCUT2D eigenvalue weighted by atomic mass is 9.61. The quantitative estimate of drug-likeness (QED) is 0.767. The second kappa shape index (κ2) is 6.67. The lowest BCUT2D eigenvalue weighted by molar-refractivity contribution is -0.0700. The zero-order valence-corrected chi connectivity index (χ0v) is 14.7. The standard InChI is InChI=1S/C16H23BrClNO/c1-4-8-19-14-10-15(16(14,3)5-2)20-13-7-6-11(17)9-12(13)18/h6-7,9,14-15,19H,4-5,8,10H2,1-3H3. The molecule has 0 spiro atoms. The number of hydrogen-bond acceptors (Lipinski definition) is 2. The third-order valence-corrected chi connectivity index (χ3v) is 5.34. The van der Waals surface area contributed by atoms with Crippen molar-refractivity contribution in [3.05, 3.63) is 27.7 Å². The highest BCUT2D eigenvalue weighted by atomic mass is 79.9. The summed E-state index contributed by atoms with van der Waals surface area (Å²) in [6.07, 6.45) is 3.56. The Labute approximate surface area is 135 Å². The number of nitrogens with one attached hydrogen (secondary N) is 1. The van der Waals surface area contributed by atoms with Gasteiger partial charge in [-0.3, -0.25) is 0 Å². The second-order valence-corrected chi connectivity index (χ2v) is 7.11. The number of hydrogen-bond donors (Lipinski definition) is 1. The molecule has 2 rings (SSSR count). The molecule has 0 saturated heterocycles. The molecule has 0 radical (unpaired) electrons. The molecule has 1 saturated carbocycles. The van der Waals surface area contributed by atoms with Crippen LogP contribution in [0.3, 0.4) is 0 Å². The van der Waals surface area contributed by atoms with Crippen LogP contribution in [0.1, 0.15) is 40.0 Å². The van der Waals surface area contributed by atoms with Crippen LogP contribution in [-0.2, 0) is 0 Å². The van der Waals surface area contributed by atoms with Crippen molar-refractivity contribution < 1.29 is 4.74 Å². The highest BCUT2D eigenvalue weighted by molar-refractivity contribution is 9.10. The Balaban J connectivity index is 2.03. The Morgan fingerprint density at radius 3 is 2.80 bits per heavy atom. The fraction of sp³-hybridized carbons (Fsp3) is 0.625. The first-order chi connectivity index (χ1) is 9.51. The van der Waals surface area contributed by atoms with E-state index in [1.165, 1.54) is 6.42 Å². The van der Waals surface area contributed by atoms with Crippen molar-refractivity contribution in [3.8, 4) is 5.75 Å². The van der Waals surface area contributed by atoms with Crippen molar-refractivity contribution in [1.29, 1.82) is 0 Å². The predicted molar refractivity (Wildman–Crippen MR) is 88.7 cm³/mol. The first kappa shape index (κ1) is 16.1. The summed E-state index contributed by atoms with van der Waals surface area (Å²) in [5.74, 6) is 0.786. The lowest BCUT2D eigenvalue weighted by Gasteiger charge is -2.53. The van der Waals surface area contributed by atoms with E-state index >= 15 is 0 Å². The molecule has 0 amide bonds. The first-order valence-electron chi connectivity index (χ1n) is 7.36. The Bertz CT molecular complexity index is 468. The van der Waals surface area contributed by atoms with Gasteiger partial charge in [0, 0.05) is 22.4 Å². The molecular formula is C16H23BrClNO. The normalized spacial score (nSPS) is 29.1. The summed E-state index contributed by atoms with van der Waals surface area (Å²) >= 11 is 9.66. The zero-order chi connectivity index (χ0) is 14.8. The molecule has 1 aliphatic rings.